The second-order valence-corrected chi connectivity index (χ2v) is 6.26. The van der Waals surface area contributed by atoms with Gasteiger partial charge in [-0.3, -0.25) is 5.10 Å². The average Bonchev–Trinajstić information content (AvgIpc) is 3.11. The number of pyridine rings is 1. The minimum Gasteiger partial charge on any atom is -0.352 e. The molecule has 3 aromatic rings. The van der Waals surface area contributed by atoms with Crippen molar-refractivity contribution in [3.05, 3.63) is 29.7 Å². The lowest BCUT2D eigenvalue weighted by Gasteiger charge is -2.29. The van der Waals surface area contributed by atoms with Gasteiger partial charge < -0.3 is 10.2 Å². The molecule has 0 saturated carbocycles. The molecule has 5 nitrogen and oxygen atoms in total. The van der Waals surface area contributed by atoms with Crippen molar-refractivity contribution in [2.24, 2.45) is 0 Å². The van der Waals surface area contributed by atoms with Crippen molar-refractivity contribution in [3.63, 3.8) is 0 Å². The van der Waals surface area contributed by atoms with Gasteiger partial charge in [-0.2, -0.15) is 27.1 Å². The van der Waals surface area contributed by atoms with E-state index in [2.05, 4.69) is 20.5 Å². The maximum Gasteiger partial charge on any atom is 0.458 e. The molecular formula is C16H13F6N5. The van der Waals surface area contributed by atoms with E-state index in [-0.39, 0.29) is 22.4 Å². The van der Waals surface area contributed by atoms with E-state index in [0.717, 1.165) is 0 Å². The molecule has 0 atom stereocenters. The summed E-state index contributed by atoms with van der Waals surface area (Å²) in [6, 6.07) is 0.814. The van der Waals surface area contributed by atoms with Gasteiger partial charge in [-0.15, -0.1) is 0 Å². The molecule has 0 amide bonds. The summed E-state index contributed by atoms with van der Waals surface area (Å²) in [4.78, 5) is 6.08. The van der Waals surface area contributed by atoms with Gasteiger partial charge in [0.15, 0.2) is 5.82 Å². The number of anilines is 1. The number of aromatic nitrogens is 3. The van der Waals surface area contributed by atoms with Crippen molar-refractivity contribution in [1.29, 1.82) is 0 Å². The Labute approximate surface area is 148 Å². The molecule has 27 heavy (non-hydrogen) atoms. The molecule has 1 saturated heterocycles. The van der Waals surface area contributed by atoms with E-state index < -0.39 is 23.5 Å². The summed E-state index contributed by atoms with van der Waals surface area (Å²) in [6.45, 7) is 2.51. The van der Waals surface area contributed by atoms with Crippen molar-refractivity contribution >= 4 is 27.6 Å². The Morgan fingerprint density at radius 3 is 2.37 bits per heavy atom. The number of nitrogens with zero attached hydrogens (tertiary/aromatic N) is 3. The number of hydrogen-bond acceptors (Lipinski definition) is 4. The number of rotatable bonds is 2. The van der Waals surface area contributed by atoms with E-state index in [9.17, 15) is 26.3 Å². The minimum atomic E-state index is -5.84. The Morgan fingerprint density at radius 2 is 1.70 bits per heavy atom. The lowest BCUT2D eigenvalue weighted by molar-refractivity contribution is -0.289. The predicted octanol–water partition coefficient (Wildman–Crippen LogP) is 3.31. The molecule has 2 aromatic heterocycles. The Balaban J connectivity index is 1.96. The fraction of sp³-hybridized carbons (Fsp3) is 0.375. The van der Waals surface area contributed by atoms with Crippen LogP contribution in [0.15, 0.2) is 18.3 Å². The Kier molecular flexibility index (Phi) is 3.95. The van der Waals surface area contributed by atoms with Gasteiger partial charge in [-0.1, -0.05) is 0 Å². The Hall–Kier alpha value is -2.56. The first-order chi connectivity index (χ1) is 12.7. The summed E-state index contributed by atoms with van der Waals surface area (Å²) in [5.41, 5.74) is -1.39. The number of benzene rings is 1. The van der Waals surface area contributed by atoms with E-state index in [1.165, 1.54) is 6.20 Å². The number of aromatic amines is 1. The number of alkyl halides is 5. The second-order valence-electron chi connectivity index (χ2n) is 6.26. The first kappa shape index (κ1) is 17.8. The SMILES string of the molecule is Fc1cc(C(F)(F)C(F)(F)F)cc2c1nc(N1CCNCC1)c1[nH]ncc12. The van der Waals surface area contributed by atoms with Gasteiger partial charge in [-0.25, -0.2) is 9.37 Å². The number of H-pyrrole nitrogens is 1. The van der Waals surface area contributed by atoms with Crippen LogP contribution in [0.1, 0.15) is 5.56 Å². The molecule has 11 heteroatoms. The summed E-state index contributed by atoms with van der Waals surface area (Å²) in [6.07, 6.45) is -4.57. The van der Waals surface area contributed by atoms with Gasteiger partial charge in [-0.05, 0) is 12.1 Å². The van der Waals surface area contributed by atoms with Crippen LogP contribution in [0.2, 0.25) is 0 Å². The lowest BCUT2D eigenvalue weighted by Crippen LogP contribution is -2.44. The zero-order valence-corrected chi connectivity index (χ0v) is 13.7. The van der Waals surface area contributed by atoms with Crippen LogP contribution in [-0.2, 0) is 5.92 Å². The molecule has 0 aliphatic carbocycles. The molecule has 0 spiro atoms. The molecule has 1 aliphatic rings. The molecule has 0 unspecified atom stereocenters. The fourth-order valence-corrected chi connectivity index (χ4v) is 3.19. The van der Waals surface area contributed by atoms with E-state index in [4.69, 9.17) is 0 Å². The normalized spacial score (nSPS) is 16.4. The van der Waals surface area contributed by atoms with Gasteiger partial charge in [0.2, 0.25) is 0 Å². The highest BCUT2D eigenvalue weighted by atomic mass is 19.4. The third kappa shape index (κ3) is 2.76. The van der Waals surface area contributed by atoms with E-state index in [0.29, 0.717) is 43.6 Å². The van der Waals surface area contributed by atoms with Crippen LogP contribution in [-0.4, -0.2) is 47.5 Å². The van der Waals surface area contributed by atoms with Crippen molar-refractivity contribution in [2.45, 2.75) is 12.1 Å². The molecule has 0 bridgehead atoms. The summed E-state index contributed by atoms with van der Waals surface area (Å²) in [5.74, 6) is -6.05. The number of fused-ring (bicyclic) bond motifs is 3. The van der Waals surface area contributed by atoms with Crippen LogP contribution < -0.4 is 10.2 Å². The zero-order chi connectivity index (χ0) is 19.4. The average molecular weight is 389 g/mol. The number of hydrogen-bond donors (Lipinski definition) is 2. The van der Waals surface area contributed by atoms with Gasteiger partial charge in [0.1, 0.15) is 16.9 Å². The first-order valence-corrected chi connectivity index (χ1v) is 8.07. The highest BCUT2D eigenvalue weighted by Crippen LogP contribution is 2.45. The van der Waals surface area contributed by atoms with Gasteiger partial charge in [0, 0.05) is 42.5 Å². The second kappa shape index (κ2) is 5.98. The van der Waals surface area contributed by atoms with Gasteiger partial charge in [0.05, 0.1) is 6.20 Å². The topological polar surface area (TPSA) is 56.8 Å². The molecular weight excluding hydrogens is 376 g/mol. The predicted molar refractivity (Wildman–Crippen MR) is 86.4 cm³/mol. The summed E-state index contributed by atoms with van der Waals surface area (Å²) < 4.78 is 80.0. The maximum atomic E-state index is 14.5. The minimum absolute atomic E-state index is 0.156. The van der Waals surface area contributed by atoms with Gasteiger partial charge in [0.25, 0.3) is 0 Å². The van der Waals surface area contributed by atoms with Crippen LogP contribution >= 0.6 is 0 Å². The van der Waals surface area contributed by atoms with Crippen LogP contribution in [0.5, 0.6) is 0 Å². The molecule has 0 radical (unpaired) electrons. The largest absolute Gasteiger partial charge is 0.458 e. The third-order valence-electron chi connectivity index (χ3n) is 4.57. The molecule has 1 fully saturated rings. The van der Waals surface area contributed by atoms with Crippen molar-refractivity contribution in [2.75, 3.05) is 31.1 Å². The first-order valence-electron chi connectivity index (χ1n) is 8.07. The van der Waals surface area contributed by atoms with Crippen LogP contribution in [0.25, 0.3) is 21.8 Å². The molecule has 3 heterocycles. The summed E-state index contributed by atoms with van der Waals surface area (Å²) in [7, 11) is 0. The third-order valence-corrected chi connectivity index (χ3v) is 4.57. The highest BCUT2D eigenvalue weighted by Gasteiger charge is 2.59. The highest BCUT2D eigenvalue weighted by molar-refractivity contribution is 6.08. The number of nitrogens with one attached hydrogen (secondary N) is 2. The fourth-order valence-electron chi connectivity index (χ4n) is 3.19. The maximum absolute atomic E-state index is 14.5. The van der Waals surface area contributed by atoms with Gasteiger partial charge >= 0.3 is 12.1 Å². The van der Waals surface area contributed by atoms with Crippen LogP contribution in [0, 0.1) is 5.82 Å². The zero-order valence-electron chi connectivity index (χ0n) is 13.7. The Morgan fingerprint density at radius 1 is 1.00 bits per heavy atom. The molecule has 1 aromatic carbocycles. The van der Waals surface area contributed by atoms with Crippen molar-refractivity contribution < 1.29 is 26.3 Å². The standard InChI is InChI=1S/C16H13F6N5/c17-11-6-8(15(18,19)16(20,21)22)5-9-10-7-24-26-13(10)14(25-12(9)11)27-3-1-23-2-4-27/h5-7,23H,1-4H2,(H,24,26). The van der Waals surface area contributed by atoms with E-state index in [1.54, 1.807) is 0 Å². The smallest absolute Gasteiger partial charge is 0.352 e. The quantitative estimate of drug-likeness (QED) is 0.661. The number of piperazine rings is 1. The van der Waals surface area contributed by atoms with Crippen molar-refractivity contribution in [1.82, 2.24) is 20.5 Å². The van der Waals surface area contributed by atoms with Crippen LogP contribution in [0.3, 0.4) is 0 Å². The van der Waals surface area contributed by atoms with Crippen LogP contribution in [0.4, 0.5) is 32.2 Å². The lowest BCUT2D eigenvalue weighted by atomic mass is 10.0. The molecule has 2 N–H and O–H groups in total. The molecule has 4 rings (SSSR count). The monoisotopic (exact) mass is 389 g/mol. The van der Waals surface area contributed by atoms with Crippen molar-refractivity contribution in [3.8, 4) is 0 Å². The number of halogens is 6. The summed E-state index contributed by atoms with van der Waals surface area (Å²) in [5, 5.41) is 9.74. The molecule has 1 aliphatic heterocycles. The Bertz CT molecular complexity index is 1010. The molecule has 144 valence electrons. The summed E-state index contributed by atoms with van der Waals surface area (Å²) >= 11 is 0. The van der Waals surface area contributed by atoms with E-state index in [1.807, 2.05) is 4.90 Å². The van der Waals surface area contributed by atoms with E-state index >= 15 is 0 Å².